The van der Waals surface area contributed by atoms with E-state index in [1.807, 2.05) is 30.3 Å². The Morgan fingerprint density at radius 3 is 2.44 bits per heavy atom. The normalized spacial score (nSPS) is 9.00. The molecule has 9 heavy (non-hydrogen) atoms. The fourth-order valence-corrected chi connectivity index (χ4v) is 1.02. The van der Waals surface area contributed by atoms with Crippen molar-refractivity contribution in [2.75, 3.05) is 5.39 Å². The summed E-state index contributed by atoms with van der Waals surface area (Å²) in [6.45, 7) is 0. The van der Waals surface area contributed by atoms with Gasteiger partial charge in [-0.3, -0.25) is 0 Å². The maximum atomic E-state index is 5.23. The second-order valence-corrected chi connectivity index (χ2v) is 2.32. The summed E-state index contributed by atoms with van der Waals surface area (Å²) in [4.78, 5) is 0. The molecule has 48 valence electrons. The summed E-state index contributed by atoms with van der Waals surface area (Å²) < 4.78 is 5.23. The van der Waals surface area contributed by atoms with Crippen LogP contribution in [0.2, 0.25) is 0 Å². The van der Waals surface area contributed by atoms with E-state index in [-0.39, 0.29) is 0 Å². The van der Waals surface area contributed by atoms with Crippen LogP contribution in [0.1, 0.15) is 0 Å². The van der Waals surface area contributed by atoms with E-state index >= 15 is 0 Å². The van der Waals surface area contributed by atoms with Gasteiger partial charge in [0, 0.05) is 0 Å². The number of hydrogen-bond acceptors (Lipinski definition) is 1. The average molecular weight is 184 g/mol. The molecule has 1 unspecified atom stereocenters. The van der Waals surface area contributed by atoms with Crippen LogP contribution >= 0.6 is 0 Å². The summed E-state index contributed by atoms with van der Waals surface area (Å²) in [6.07, 6.45) is 0. The van der Waals surface area contributed by atoms with Crippen LogP contribution in [0.15, 0.2) is 30.3 Å². The van der Waals surface area contributed by atoms with Crippen molar-refractivity contribution in [1.29, 1.82) is 0 Å². The molecule has 0 aliphatic rings. The SMILES string of the molecule is [AsH2]COc1ccccc1. The molecule has 1 aromatic rings. The average Bonchev–Trinajstić information content (AvgIpc) is 1.91. The zero-order chi connectivity index (χ0) is 6.53. The van der Waals surface area contributed by atoms with Crippen molar-refractivity contribution in [2.45, 2.75) is 0 Å². The van der Waals surface area contributed by atoms with Crippen LogP contribution in [-0.2, 0) is 0 Å². The molecular formula is C7H9AsO. The molecule has 0 radical (unpaired) electrons. The molecule has 0 aliphatic heterocycles. The molecule has 0 fully saturated rings. The summed E-state index contributed by atoms with van der Waals surface area (Å²) in [5, 5.41) is 0.803. The molecule has 1 nitrogen and oxygen atoms in total. The first kappa shape index (κ1) is 6.70. The van der Waals surface area contributed by atoms with Gasteiger partial charge in [0.2, 0.25) is 0 Å². The van der Waals surface area contributed by atoms with E-state index in [2.05, 4.69) is 0 Å². The summed E-state index contributed by atoms with van der Waals surface area (Å²) in [7, 11) is 0. The van der Waals surface area contributed by atoms with Crippen molar-refractivity contribution < 1.29 is 4.74 Å². The summed E-state index contributed by atoms with van der Waals surface area (Å²) in [5.41, 5.74) is 0. The van der Waals surface area contributed by atoms with Gasteiger partial charge in [-0.05, 0) is 0 Å². The van der Waals surface area contributed by atoms with Crippen LogP contribution in [0.5, 0.6) is 5.75 Å². The van der Waals surface area contributed by atoms with Crippen molar-refractivity contribution >= 4 is 16.9 Å². The first-order chi connectivity index (χ1) is 4.43. The van der Waals surface area contributed by atoms with Gasteiger partial charge in [-0.2, -0.15) is 0 Å². The number of rotatable bonds is 2. The first-order valence-corrected chi connectivity index (χ1v) is 4.52. The Morgan fingerprint density at radius 2 is 1.89 bits per heavy atom. The van der Waals surface area contributed by atoms with Crippen LogP contribution in [-0.4, -0.2) is 22.2 Å². The third-order valence-electron chi connectivity index (χ3n) is 0.993. The number of ether oxygens (including phenoxy) is 1. The molecule has 1 atom stereocenters. The predicted molar refractivity (Wildman–Crippen MR) is 40.5 cm³/mol. The van der Waals surface area contributed by atoms with Crippen molar-refractivity contribution in [1.82, 2.24) is 0 Å². The fraction of sp³-hybridized carbons (Fsp3) is 0.143. The molecule has 0 aliphatic carbocycles. The Bertz CT molecular complexity index is 162. The Kier molecular flexibility index (Phi) is 2.66. The number of hydrogen-bond donors (Lipinski definition) is 0. The van der Waals surface area contributed by atoms with Gasteiger partial charge >= 0.3 is 63.1 Å². The Balaban J connectivity index is 2.61. The van der Waals surface area contributed by atoms with Gasteiger partial charge in [-0.15, -0.1) is 0 Å². The molecule has 1 aromatic carbocycles. The molecule has 0 bridgehead atoms. The van der Waals surface area contributed by atoms with Crippen molar-refractivity contribution in [3.05, 3.63) is 30.3 Å². The van der Waals surface area contributed by atoms with Gasteiger partial charge in [0.25, 0.3) is 0 Å². The quantitative estimate of drug-likeness (QED) is 0.613. The van der Waals surface area contributed by atoms with E-state index in [0.717, 1.165) is 11.1 Å². The number of para-hydroxylation sites is 1. The van der Waals surface area contributed by atoms with E-state index < -0.39 is 0 Å². The maximum absolute atomic E-state index is 5.23. The van der Waals surface area contributed by atoms with Gasteiger partial charge in [0.1, 0.15) is 0 Å². The molecule has 0 aromatic heterocycles. The minimum absolute atomic E-state index is 0.803. The zero-order valence-electron chi connectivity index (χ0n) is 5.08. The second-order valence-electron chi connectivity index (χ2n) is 1.62. The Morgan fingerprint density at radius 1 is 1.22 bits per heavy atom. The van der Waals surface area contributed by atoms with Crippen molar-refractivity contribution in [3.8, 4) is 5.75 Å². The molecule has 0 N–H and O–H groups in total. The fourth-order valence-electron chi connectivity index (χ4n) is 0.613. The van der Waals surface area contributed by atoms with Gasteiger partial charge in [0.05, 0.1) is 0 Å². The van der Waals surface area contributed by atoms with Crippen LogP contribution in [0.4, 0.5) is 0 Å². The van der Waals surface area contributed by atoms with Gasteiger partial charge in [0.15, 0.2) is 0 Å². The molecular weight excluding hydrogens is 175 g/mol. The number of benzene rings is 1. The Labute approximate surface area is 63.5 Å². The monoisotopic (exact) mass is 184 g/mol. The summed E-state index contributed by atoms with van der Waals surface area (Å²) in [5.74, 6) is 0.960. The molecule has 2 heteroatoms. The Hall–Kier alpha value is -0.422. The third kappa shape index (κ3) is 2.11. The molecule has 0 saturated carbocycles. The van der Waals surface area contributed by atoms with Crippen LogP contribution in [0.3, 0.4) is 0 Å². The summed E-state index contributed by atoms with van der Waals surface area (Å²) in [6, 6.07) is 9.84. The summed E-state index contributed by atoms with van der Waals surface area (Å²) >= 11 is 1.58. The van der Waals surface area contributed by atoms with Gasteiger partial charge < -0.3 is 0 Å². The molecule has 0 saturated heterocycles. The van der Waals surface area contributed by atoms with E-state index in [1.54, 1.807) is 16.9 Å². The molecule has 0 amide bonds. The molecule has 0 heterocycles. The van der Waals surface area contributed by atoms with Crippen LogP contribution in [0, 0.1) is 0 Å². The van der Waals surface area contributed by atoms with E-state index in [1.165, 1.54) is 0 Å². The predicted octanol–water partition coefficient (Wildman–Crippen LogP) is 0.656. The van der Waals surface area contributed by atoms with Crippen LogP contribution < -0.4 is 4.74 Å². The van der Waals surface area contributed by atoms with Gasteiger partial charge in [-0.1, -0.05) is 0 Å². The van der Waals surface area contributed by atoms with Gasteiger partial charge in [-0.25, -0.2) is 0 Å². The third-order valence-corrected chi connectivity index (χ3v) is 1.34. The zero-order valence-corrected chi connectivity index (χ0v) is 7.50. The topological polar surface area (TPSA) is 9.23 Å². The van der Waals surface area contributed by atoms with Crippen molar-refractivity contribution in [2.24, 2.45) is 0 Å². The van der Waals surface area contributed by atoms with E-state index in [0.29, 0.717) is 0 Å². The second kappa shape index (κ2) is 3.57. The van der Waals surface area contributed by atoms with E-state index in [9.17, 15) is 0 Å². The standard InChI is InChI=1S/C7H9AsO/c8-6-9-7-4-2-1-3-5-7/h1-5H,6,8H2. The molecule has 1 rings (SSSR count). The first-order valence-electron chi connectivity index (χ1n) is 2.81. The minimum atomic E-state index is 0.803. The van der Waals surface area contributed by atoms with Crippen molar-refractivity contribution in [3.63, 3.8) is 0 Å². The molecule has 0 spiro atoms. The van der Waals surface area contributed by atoms with E-state index in [4.69, 9.17) is 4.74 Å². The van der Waals surface area contributed by atoms with Crippen LogP contribution in [0.25, 0.3) is 0 Å².